The average Bonchev–Trinajstić information content (AvgIpc) is 2.93. The monoisotopic (exact) mass is 362 g/mol. The Hall–Kier alpha value is -1.27. The highest BCUT2D eigenvalue weighted by Gasteiger charge is 2.15. The number of hydrazine groups is 1. The van der Waals surface area contributed by atoms with Crippen LogP contribution in [0.25, 0.3) is 11.0 Å². The number of nitrogens with two attached hydrogens (primary N) is 1. The quantitative estimate of drug-likeness (QED) is 0.398. The molecule has 21 heavy (non-hydrogen) atoms. The first kappa shape index (κ1) is 14.7. The van der Waals surface area contributed by atoms with Crippen LogP contribution >= 0.6 is 27.7 Å². The molecule has 0 radical (unpaired) electrons. The molecule has 5 heteroatoms. The molecule has 3 nitrogen and oxygen atoms in total. The van der Waals surface area contributed by atoms with Crippen LogP contribution in [0.2, 0.25) is 0 Å². The second-order valence-corrected chi connectivity index (χ2v) is 6.56. The van der Waals surface area contributed by atoms with Crippen LogP contribution in [0, 0.1) is 0 Å². The largest absolute Gasteiger partial charge is 0.459 e. The minimum atomic E-state index is -0.0329. The number of halogens is 1. The molecule has 3 rings (SSSR count). The summed E-state index contributed by atoms with van der Waals surface area (Å²) in [5.74, 6) is 7.34. The fourth-order valence-electron chi connectivity index (χ4n) is 2.12. The molecule has 1 atom stereocenters. The maximum absolute atomic E-state index is 5.87. The molecule has 1 aromatic heterocycles. The average molecular weight is 363 g/mol. The SMILES string of the molecule is NNC(CSc1ccccc1Br)c1cc2ccccc2o1. The van der Waals surface area contributed by atoms with E-state index in [0.717, 1.165) is 27.0 Å². The van der Waals surface area contributed by atoms with Gasteiger partial charge in [-0.2, -0.15) is 0 Å². The fraction of sp³-hybridized carbons (Fsp3) is 0.125. The number of furan rings is 1. The molecule has 0 saturated heterocycles. The molecular formula is C16H15BrN2OS. The van der Waals surface area contributed by atoms with E-state index < -0.39 is 0 Å². The molecule has 0 amide bonds. The summed E-state index contributed by atoms with van der Waals surface area (Å²) in [5, 5.41) is 1.10. The summed E-state index contributed by atoms with van der Waals surface area (Å²) in [7, 11) is 0. The first-order valence-electron chi connectivity index (χ1n) is 6.60. The molecular weight excluding hydrogens is 348 g/mol. The molecule has 0 aliphatic heterocycles. The lowest BCUT2D eigenvalue weighted by Gasteiger charge is -2.13. The Morgan fingerprint density at radius 2 is 1.90 bits per heavy atom. The van der Waals surface area contributed by atoms with Crippen LogP contribution < -0.4 is 11.3 Å². The van der Waals surface area contributed by atoms with E-state index in [0.29, 0.717) is 0 Å². The highest BCUT2D eigenvalue weighted by atomic mass is 79.9. The van der Waals surface area contributed by atoms with Crippen molar-refractivity contribution in [3.63, 3.8) is 0 Å². The Morgan fingerprint density at radius 3 is 2.67 bits per heavy atom. The third-order valence-corrected chi connectivity index (χ3v) is 5.35. The van der Waals surface area contributed by atoms with Crippen molar-refractivity contribution >= 4 is 38.7 Å². The lowest BCUT2D eigenvalue weighted by Crippen LogP contribution is -2.29. The molecule has 0 fully saturated rings. The Morgan fingerprint density at radius 1 is 1.14 bits per heavy atom. The Kier molecular flexibility index (Phi) is 4.65. The van der Waals surface area contributed by atoms with Gasteiger partial charge in [0.15, 0.2) is 0 Å². The zero-order valence-corrected chi connectivity index (χ0v) is 13.7. The van der Waals surface area contributed by atoms with Crippen LogP contribution in [0.5, 0.6) is 0 Å². The number of nitrogens with one attached hydrogen (secondary N) is 1. The van der Waals surface area contributed by atoms with Crippen molar-refractivity contribution in [1.82, 2.24) is 5.43 Å². The highest BCUT2D eigenvalue weighted by molar-refractivity contribution is 9.10. The highest BCUT2D eigenvalue weighted by Crippen LogP contribution is 2.31. The van der Waals surface area contributed by atoms with Crippen LogP contribution in [0.3, 0.4) is 0 Å². The van der Waals surface area contributed by atoms with E-state index in [4.69, 9.17) is 10.3 Å². The minimum Gasteiger partial charge on any atom is -0.459 e. The van der Waals surface area contributed by atoms with E-state index in [1.54, 1.807) is 11.8 Å². The van der Waals surface area contributed by atoms with Crippen molar-refractivity contribution < 1.29 is 4.42 Å². The molecule has 3 aromatic rings. The smallest absolute Gasteiger partial charge is 0.134 e. The van der Waals surface area contributed by atoms with E-state index in [1.807, 2.05) is 48.5 Å². The molecule has 1 heterocycles. The van der Waals surface area contributed by atoms with E-state index in [2.05, 4.69) is 27.4 Å². The van der Waals surface area contributed by atoms with Crippen LogP contribution in [0.1, 0.15) is 11.8 Å². The molecule has 2 aromatic carbocycles. The topological polar surface area (TPSA) is 51.2 Å². The van der Waals surface area contributed by atoms with Crippen molar-refractivity contribution in [2.45, 2.75) is 10.9 Å². The number of thioether (sulfide) groups is 1. The van der Waals surface area contributed by atoms with Crippen LogP contribution in [0.4, 0.5) is 0 Å². The Balaban J connectivity index is 1.77. The third kappa shape index (κ3) is 3.32. The molecule has 0 saturated carbocycles. The van der Waals surface area contributed by atoms with E-state index in [9.17, 15) is 0 Å². The van der Waals surface area contributed by atoms with E-state index >= 15 is 0 Å². The van der Waals surface area contributed by atoms with Gasteiger partial charge in [0, 0.05) is 20.5 Å². The number of benzene rings is 2. The van der Waals surface area contributed by atoms with Crippen molar-refractivity contribution in [2.24, 2.45) is 5.84 Å². The number of hydrogen-bond acceptors (Lipinski definition) is 4. The van der Waals surface area contributed by atoms with Gasteiger partial charge in [0.25, 0.3) is 0 Å². The maximum atomic E-state index is 5.87. The Bertz CT molecular complexity index is 711. The first-order chi connectivity index (χ1) is 10.3. The Labute approximate surface area is 136 Å². The predicted octanol–water partition coefficient (Wildman–Crippen LogP) is 4.49. The number of hydrogen-bond donors (Lipinski definition) is 2. The van der Waals surface area contributed by atoms with E-state index in [1.165, 1.54) is 4.90 Å². The molecule has 0 bridgehead atoms. The normalized spacial score (nSPS) is 12.7. The molecule has 3 N–H and O–H groups in total. The second-order valence-electron chi connectivity index (χ2n) is 4.65. The van der Waals surface area contributed by atoms with Crippen molar-refractivity contribution in [2.75, 3.05) is 5.75 Å². The van der Waals surface area contributed by atoms with Gasteiger partial charge in [0.1, 0.15) is 11.3 Å². The van der Waals surface area contributed by atoms with Gasteiger partial charge in [-0.15, -0.1) is 11.8 Å². The maximum Gasteiger partial charge on any atom is 0.134 e. The zero-order valence-electron chi connectivity index (χ0n) is 11.3. The second kappa shape index (κ2) is 6.66. The van der Waals surface area contributed by atoms with Crippen LogP contribution in [-0.2, 0) is 0 Å². The molecule has 0 aliphatic carbocycles. The van der Waals surface area contributed by atoms with Gasteiger partial charge in [-0.25, -0.2) is 5.43 Å². The number of rotatable bonds is 5. The van der Waals surface area contributed by atoms with Crippen molar-refractivity contribution in [3.8, 4) is 0 Å². The van der Waals surface area contributed by atoms with Gasteiger partial charge in [-0.05, 0) is 40.2 Å². The van der Waals surface area contributed by atoms with Gasteiger partial charge in [-0.3, -0.25) is 5.84 Å². The first-order valence-corrected chi connectivity index (χ1v) is 8.37. The lowest BCUT2D eigenvalue weighted by molar-refractivity contribution is 0.464. The number of fused-ring (bicyclic) bond motifs is 1. The van der Waals surface area contributed by atoms with Gasteiger partial charge in [0.2, 0.25) is 0 Å². The van der Waals surface area contributed by atoms with Crippen LogP contribution in [-0.4, -0.2) is 5.75 Å². The summed E-state index contributed by atoms with van der Waals surface area (Å²) < 4.78 is 6.97. The summed E-state index contributed by atoms with van der Waals surface area (Å²) in [6, 6.07) is 18.1. The lowest BCUT2D eigenvalue weighted by atomic mass is 10.2. The van der Waals surface area contributed by atoms with Crippen LogP contribution in [0.15, 0.2) is 68.4 Å². The standard InChI is InChI=1S/C16H15BrN2OS/c17-12-6-2-4-8-16(12)21-10-13(19-18)15-9-11-5-1-3-7-14(11)20-15/h1-9,13,19H,10,18H2. The summed E-state index contributed by atoms with van der Waals surface area (Å²) in [6.07, 6.45) is 0. The van der Waals surface area contributed by atoms with Crippen molar-refractivity contribution in [3.05, 3.63) is 64.8 Å². The molecule has 108 valence electrons. The summed E-state index contributed by atoms with van der Waals surface area (Å²) in [6.45, 7) is 0. The van der Waals surface area contributed by atoms with E-state index in [-0.39, 0.29) is 6.04 Å². The molecule has 0 aliphatic rings. The number of para-hydroxylation sites is 1. The third-order valence-electron chi connectivity index (χ3n) is 3.23. The summed E-state index contributed by atoms with van der Waals surface area (Å²) in [4.78, 5) is 1.19. The van der Waals surface area contributed by atoms with Crippen molar-refractivity contribution in [1.29, 1.82) is 0 Å². The summed E-state index contributed by atoms with van der Waals surface area (Å²) >= 11 is 5.29. The molecule has 0 spiro atoms. The van der Waals surface area contributed by atoms with Gasteiger partial charge in [0.05, 0.1) is 6.04 Å². The molecule has 1 unspecified atom stereocenters. The predicted molar refractivity (Wildman–Crippen MR) is 91.1 cm³/mol. The summed E-state index contributed by atoms with van der Waals surface area (Å²) in [5.41, 5.74) is 3.73. The van der Waals surface area contributed by atoms with Gasteiger partial charge < -0.3 is 4.42 Å². The zero-order chi connectivity index (χ0) is 14.7. The van der Waals surface area contributed by atoms with Gasteiger partial charge in [-0.1, -0.05) is 30.3 Å². The van der Waals surface area contributed by atoms with Gasteiger partial charge >= 0.3 is 0 Å². The fourth-order valence-corrected chi connectivity index (χ4v) is 3.74. The minimum absolute atomic E-state index is 0.0329.